The third-order valence-corrected chi connectivity index (χ3v) is 2.91. The molecule has 0 saturated heterocycles. The molecule has 1 atom stereocenters. The van der Waals surface area contributed by atoms with Gasteiger partial charge in [0.15, 0.2) is 0 Å². The first-order chi connectivity index (χ1) is 8.74. The second-order valence-electron chi connectivity index (χ2n) is 4.54. The Hall–Kier alpha value is -2.03. The van der Waals surface area contributed by atoms with Crippen LogP contribution in [0.2, 0.25) is 0 Å². The lowest BCUT2D eigenvalue weighted by atomic mass is 10.1. The first-order valence-electron chi connectivity index (χ1n) is 6.26. The highest BCUT2D eigenvalue weighted by Crippen LogP contribution is 2.11. The number of rotatable bonds is 5. The number of hydrogen-bond donors (Lipinski definition) is 2. The Labute approximate surface area is 108 Å². The molecule has 2 rings (SSSR count). The van der Waals surface area contributed by atoms with Crippen molar-refractivity contribution in [1.29, 1.82) is 0 Å². The van der Waals surface area contributed by atoms with Crippen LogP contribution in [0.3, 0.4) is 0 Å². The van der Waals surface area contributed by atoms with Crippen LogP contribution in [-0.2, 0) is 6.42 Å². The molecular formula is C15H19N3. The van der Waals surface area contributed by atoms with Crippen LogP contribution in [0, 0.1) is 0 Å². The summed E-state index contributed by atoms with van der Waals surface area (Å²) in [5.74, 6) is 0.553. The zero-order valence-corrected chi connectivity index (χ0v) is 10.6. The Balaban J connectivity index is 1.82. The largest absolute Gasteiger partial charge is 0.384 e. The zero-order valence-electron chi connectivity index (χ0n) is 10.6. The summed E-state index contributed by atoms with van der Waals surface area (Å²) in [6.45, 7) is 2.18. The molecule has 3 heteroatoms. The normalized spacial score (nSPS) is 12.1. The van der Waals surface area contributed by atoms with Crippen LogP contribution in [0.1, 0.15) is 18.9 Å². The predicted octanol–water partition coefficient (Wildman–Crippen LogP) is 3.10. The molecule has 0 aliphatic rings. The molecule has 1 heterocycles. The molecule has 0 radical (unpaired) electrons. The fourth-order valence-electron chi connectivity index (χ4n) is 1.88. The van der Waals surface area contributed by atoms with Gasteiger partial charge in [0, 0.05) is 6.04 Å². The summed E-state index contributed by atoms with van der Waals surface area (Å²) in [5.41, 5.74) is 7.95. The van der Waals surface area contributed by atoms with E-state index in [9.17, 15) is 0 Å². The molecule has 0 spiro atoms. The van der Waals surface area contributed by atoms with E-state index in [0.717, 1.165) is 18.5 Å². The summed E-state index contributed by atoms with van der Waals surface area (Å²) >= 11 is 0. The lowest BCUT2D eigenvalue weighted by Crippen LogP contribution is -2.16. The number of nitrogens with two attached hydrogens (primary N) is 1. The van der Waals surface area contributed by atoms with Crippen molar-refractivity contribution in [2.24, 2.45) is 0 Å². The minimum Gasteiger partial charge on any atom is -0.384 e. The number of pyridine rings is 1. The van der Waals surface area contributed by atoms with Gasteiger partial charge in [-0.2, -0.15) is 0 Å². The number of aryl methyl sites for hydroxylation is 1. The van der Waals surface area contributed by atoms with E-state index in [1.54, 1.807) is 6.20 Å². The topological polar surface area (TPSA) is 50.9 Å². The highest BCUT2D eigenvalue weighted by molar-refractivity contribution is 5.45. The van der Waals surface area contributed by atoms with Crippen LogP contribution >= 0.6 is 0 Å². The summed E-state index contributed by atoms with van der Waals surface area (Å²) < 4.78 is 0. The lowest BCUT2D eigenvalue weighted by Gasteiger charge is -2.15. The maximum atomic E-state index is 5.55. The smallest absolute Gasteiger partial charge is 0.123 e. The van der Waals surface area contributed by atoms with Gasteiger partial charge in [-0.3, -0.25) is 0 Å². The highest BCUT2D eigenvalue weighted by atomic mass is 14.9. The fourth-order valence-corrected chi connectivity index (χ4v) is 1.88. The molecule has 0 aliphatic heterocycles. The van der Waals surface area contributed by atoms with Gasteiger partial charge >= 0.3 is 0 Å². The molecule has 2 aromatic rings. The van der Waals surface area contributed by atoms with E-state index in [1.807, 2.05) is 18.2 Å². The average molecular weight is 241 g/mol. The van der Waals surface area contributed by atoms with E-state index in [2.05, 4.69) is 41.5 Å². The maximum absolute atomic E-state index is 5.55. The maximum Gasteiger partial charge on any atom is 0.123 e. The molecule has 1 aromatic carbocycles. The van der Waals surface area contributed by atoms with E-state index in [4.69, 9.17) is 5.73 Å². The van der Waals surface area contributed by atoms with Gasteiger partial charge in [0.25, 0.3) is 0 Å². The summed E-state index contributed by atoms with van der Waals surface area (Å²) in [7, 11) is 0. The molecule has 18 heavy (non-hydrogen) atoms. The SMILES string of the molecule is CC(CCc1ccccc1)Nc1ccc(N)nc1. The number of benzene rings is 1. The van der Waals surface area contributed by atoms with Gasteiger partial charge in [-0.15, -0.1) is 0 Å². The minimum atomic E-state index is 0.413. The van der Waals surface area contributed by atoms with Gasteiger partial charge < -0.3 is 11.1 Å². The van der Waals surface area contributed by atoms with Crippen molar-refractivity contribution < 1.29 is 0 Å². The molecule has 0 amide bonds. The van der Waals surface area contributed by atoms with E-state index in [1.165, 1.54) is 5.56 Å². The van der Waals surface area contributed by atoms with E-state index in [0.29, 0.717) is 11.9 Å². The minimum absolute atomic E-state index is 0.413. The number of hydrogen-bond acceptors (Lipinski definition) is 3. The highest BCUT2D eigenvalue weighted by Gasteiger charge is 2.02. The molecule has 3 N–H and O–H groups in total. The van der Waals surface area contributed by atoms with Crippen molar-refractivity contribution in [3.8, 4) is 0 Å². The van der Waals surface area contributed by atoms with Gasteiger partial charge in [0.05, 0.1) is 11.9 Å². The Morgan fingerprint density at radius 2 is 1.94 bits per heavy atom. The number of aromatic nitrogens is 1. The van der Waals surface area contributed by atoms with Crippen molar-refractivity contribution in [2.75, 3.05) is 11.1 Å². The molecule has 94 valence electrons. The van der Waals surface area contributed by atoms with Gasteiger partial charge in [-0.1, -0.05) is 30.3 Å². The van der Waals surface area contributed by atoms with Crippen molar-refractivity contribution in [3.05, 3.63) is 54.2 Å². The summed E-state index contributed by atoms with van der Waals surface area (Å²) in [6, 6.07) is 14.7. The standard InChI is InChI=1S/C15H19N3/c1-12(7-8-13-5-3-2-4-6-13)18-14-9-10-15(16)17-11-14/h2-6,9-12,18H,7-8H2,1H3,(H2,16,17). The molecule has 3 nitrogen and oxygen atoms in total. The van der Waals surface area contributed by atoms with Crippen LogP contribution in [0.15, 0.2) is 48.7 Å². The molecule has 1 aromatic heterocycles. The lowest BCUT2D eigenvalue weighted by molar-refractivity contribution is 0.706. The Morgan fingerprint density at radius 1 is 1.17 bits per heavy atom. The number of anilines is 2. The molecule has 0 bridgehead atoms. The molecule has 0 fully saturated rings. The summed E-state index contributed by atoms with van der Waals surface area (Å²) in [5, 5.41) is 3.42. The van der Waals surface area contributed by atoms with Crippen LogP contribution in [0.4, 0.5) is 11.5 Å². The monoisotopic (exact) mass is 241 g/mol. The Bertz CT molecular complexity index is 465. The second kappa shape index (κ2) is 6.05. The van der Waals surface area contributed by atoms with E-state index in [-0.39, 0.29) is 0 Å². The summed E-state index contributed by atoms with van der Waals surface area (Å²) in [4.78, 5) is 4.07. The summed E-state index contributed by atoms with van der Waals surface area (Å²) in [6.07, 6.45) is 3.94. The number of nitrogen functional groups attached to an aromatic ring is 1. The second-order valence-corrected chi connectivity index (χ2v) is 4.54. The van der Waals surface area contributed by atoms with Crippen LogP contribution < -0.4 is 11.1 Å². The van der Waals surface area contributed by atoms with Crippen LogP contribution in [0.5, 0.6) is 0 Å². The zero-order chi connectivity index (χ0) is 12.8. The van der Waals surface area contributed by atoms with Gasteiger partial charge in [0.1, 0.15) is 5.82 Å². The first-order valence-corrected chi connectivity index (χ1v) is 6.26. The van der Waals surface area contributed by atoms with E-state index < -0.39 is 0 Å². The molecular weight excluding hydrogens is 222 g/mol. The quantitative estimate of drug-likeness (QED) is 0.845. The Kier molecular flexibility index (Phi) is 4.18. The van der Waals surface area contributed by atoms with Crippen molar-refractivity contribution in [1.82, 2.24) is 4.98 Å². The Morgan fingerprint density at radius 3 is 2.61 bits per heavy atom. The third-order valence-electron chi connectivity index (χ3n) is 2.91. The average Bonchev–Trinajstić information content (AvgIpc) is 2.40. The molecule has 1 unspecified atom stereocenters. The van der Waals surface area contributed by atoms with E-state index >= 15 is 0 Å². The third kappa shape index (κ3) is 3.77. The predicted molar refractivity (Wildman–Crippen MR) is 76.5 cm³/mol. The molecule has 0 aliphatic carbocycles. The fraction of sp³-hybridized carbons (Fsp3) is 0.267. The number of nitrogens with zero attached hydrogens (tertiary/aromatic N) is 1. The van der Waals surface area contributed by atoms with Gasteiger partial charge in [-0.05, 0) is 37.5 Å². The van der Waals surface area contributed by atoms with Crippen molar-refractivity contribution in [2.45, 2.75) is 25.8 Å². The van der Waals surface area contributed by atoms with Crippen LogP contribution in [-0.4, -0.2) is 11.0 Å². The van der Waals surface area contributed by atoms with Gasteiger partial charge in [0.2, 0.25) is 0 Å². The van der Waals surface area contributed by atoms with Crippen molar-refractivity contribution in [3.63, 3.8) is 0 Å². The molecule has 0 saturated carbocycles. The van der Waals surface area contributed by atoms with Crippen LogP contribution in [0.25, 0.3) is 0 Å². The first kappa shape index (κ1) is 12.4. The van der Waals surface area contributed by atoms with Gasteiger partial charge in [-0.25, -0.2) is 4.98 Å². The van der Waals surface area contributed by atoms with Crippen molar-refractivity contribution >= 4 is 11.5 Å². The number of nitrogens with one attached hydrogen (secondary N) is 1.